The van der Waals surface area contributed by atoms with E-state index in [0.717, 1.165) is 11.3 Å². The lowest BCUT2D eigenvalue weighted by Gasteiger charge is -2.12. The van der Waals surface area contributed by atoms with Crippen LogP contribution >= 0.6 is 0 Å². The highest BCUT2D eigenvalue weighted by molar-refractivity contribution is 6.06. The molecule has 4 N–H and O–H groups in total. The Morgan fingerprint density at radius 1 is 1.17 bits per heavy atom. The number of para-hydroxylation sites is 1. The number of benzene rings is 2. The third kappa shape index (κ3) is 4.37. The highest BCUT2D eigenvalue weighted by Crippen LogP contribution is 2.23. The lowest BCUT2D eigenvalue weighted by molar-refractivity contribution is -0.112. The predicted molar refractivity (Wildman–Crippen MR) is 97.3 cm³/mol. The number of rotatable bonds is 5. The van der Waals surface area contributed by atoms with E-state index in [4.69, 9.17) is 5.73 Å². The van der Waals surface area contributed by atoms with Gasteiger partial charge in [-0.25, -0.2) is 0 Å². The van der Waals surface area contributed by atoms with Crippen LogP contribution in [0.1, 0.15) is 25.3 Å². The Bertz CT molecular complexity index is 786. The SMILES string of the molecule is CC(C)c1ccccc1N/C=C(/C#N)C(=O)Nc1ccc(N)cc1. The summed E-state index contributed by atoms with van der Waals surface area (Å²) >= 11 is 0. The Morgan fingerprint density at radius 3 is 2.46 bits per heavy atom. The molecule has 24 heavy (non-hydrogen) atoms. The van der Waals surface area contributed by atoms with E-state index in [9.17, 15) is 10.1 Å². The summed E-state index contributed by atoms with van der Waals surface area (Å²) in [5, 5.41) is 15.0. The third-order valence-corrected chi connectivity index (χ3v) is 3.49. The lowest BCUT2D eigenvalue weighted by atomic mass is 10.0. The minimum absolute atomic E-state index is 0.00890. The number of nitrogen functional groups attached to an aromatic ring is 1. The molecular formula is C19H20N4O. The molecule has 122 valence electrons. The van der Waals surface area contributed by atoms with Crippen LogP contribution in [-0.4, -0.2) is 5.91 Å². The van der Waals surface area contributed by atoms with Crippen LogP contribution in [0, 0.1) is 11.3 Å². The Labute approximate surface area is 141 Å². The molecule has 0 spiro atoms. The fraction of sp³-hybridized carbons (Fsp3) is 0.158. The molecule has 2 aromatic carbocycles. The van der Waals surface area contributed by atoms with E-state index in [-0.39, 0.29) is 5.57 Å². The van der Waals surface area contributed by atoms with Crippen molar-refractivity contribution in [3.63, 3.8) is 0 Å². The number of anilines is 3. The van der Waals surface area contributed by atoms with Crippen LogP contribution in [0.4, 0.5) is 17.1 Å². The zero-order valence-electron chi connectivity index (χ0n) is 13.7. The number of nitrogens with zero attached hydrogens (tertiary/aromatic N) is 1. The minimum atomic E-state index is -0.475. The first kappa shape index (κ1) is 17.1. The van der Waals surface area contributed by atoms with E-state index in [2.05, 4.69) is 24.5 Å². The summed E-state index contributed by atoms with van der Waals surface area (Å²) in [7, 11) is 0. The number of nitrogens with two attached hydrogens (primary N) is 1. The fourth-order valence-electron chi connectivity index (χ4n) is 2.20. The van der Waals surface area contributed by atoms with Crippen molar-refractivity contribution in [1.82, 2.24) is 0 Å². The first-order valence-corrected chi connectivity index (χ1v) is 7.64. The maximum atomic E-state index is 12.2. The monoisotopic (exact) mass is 320 g/mol. The third-order valence-electron chi connectivity index (χ3n) is 3.49. The average Bonchev–Trinajstić information content (AvgIpc) is 2.57. The number of carbonyl (C=O) groups excluding carboxylic acids is 1. The smallest absolute Gasteiger partial charge is 0.267 e. The molecule has 0 fully saturated rings. The number of hydrogen-bond donors (Lipinski definition) is 3. The Hall–Kier alpha value is -3.26. The van der Waals surface area contributed by atoms with Gasteiger partial charge in [0.25, 0.3) is 5.91 Å². The molecule has 0 heterocycles. The summed E-state index contributed by atoms with van der Waals surface area (Å²) in [6.07, 6.45) is 1.42. The van der Waals surface area contributed by atoms with Gasteiger partial charge in [0.1, 0.15) is 11.6 Å². The lowest BCUT2D eigenvalue weighted by Crippen LogP contribution is -2.14. The van der Waals surface area contributed by atoms with Crippen molar-refractivity contribution in [3.8, 4) is 6.07 Å². The number of hydrogen-bond acceptors (Lipinski definition) is 4. The molecule has 5 nitrogen and oxygen atoms in total. The molecule has 0 saturated carbocycles. The zero-order valence-corrected chi connectivity index (χ0v) is 13.7. The van der Waals surface area contributed by atoms with E-state index in [1.807, 2.05) is 30.3 Å². The van der Waals surface area contributed by atoms with Gasteiger partial charge >= 0.3 is 0 Å². The van der Waals surface area contributed by atoms with Crippen molar-refractivity contribution < 1.29 is 4.79 Å². The van der Waals surface area contributed by atoms with Gasteiger partial charge in [0, 0.05) is 23.3 Å². The van der Waals surface area contributed by atoms with E-state index in [1.54, 1.807) is 24.3 Å². The molecule has 1 amide bonds. The van der Waals surface area contributed by atoms with Crippen LogP contribution in [-0.2, 0) is 4.79 Å². The predicted octanol–water partition coefficient (Wildman–Crippen LogP) is 3.85. The van der Waals surface area contributed by atoms with Gasteiger partial charge in [-0.05, 0) is 41.8 Å². The molecule has 0 aliphatic heterocycles. The molecule has 2 rings (SSSR count). The normalized spacial score (nSPS) is 11.0. The Morgan fingerprint density at radius 2 is 1.83 bits per heavy atom. The van der Waals surface area contributed by atoms with E-state index in [1.165, 1.54) is 6.20 Å². The van der Waals surface area contributed by atoms with Gasteiger partial charge in [0.15, 0.2) is 0 Å². The molecule has 0 radical (unpaired) electrons. The van der Waals surface area contributed by atoms with Crippen molar-refractivity contribution in [1.29, 1.82) is 5.26 Å². The number of nitriles is 1. The van der Waals surface area contributed by atoms with E-state index < -0.39 is 5.91 Å². The van der Waals surface area contributed by atoms with Gasteiger partial charge in [-0.2, -0.15) is 5.26 Å². The molecular weight excluding hydrogens is 300 g/mol. The van der Waals surface area contributed by atoms with Crippen molar-refractivity contribution in [3.05, 3.63) is 65.9 Å². The average molecular weight is 320 g/mol. The van der Waals surface area contributed by atoms with Gasteiger partial charge in [0.2, 0.25) is 0 Å². The molecule has 0 aliphatic rings. The van der Waals surface area contributed by atoms with Crippen molar-refractivity contribution >= 4 is 23.0 Å². The quantitative estimate of drug-likeness (QED) is 0.443. The first-order chi connectivity index (χ1) is 11.5. The molecule has 5 heteroatoms. The molecule has 0 bridgehead atoms. The summed E-state index contributed by atoms with van der Waals surface area (Å²) in [4.78, 5) is 12.2. The topological polar surface area (TPSA) is 90.9 Å². The van der Waals surface area contributed by atoms with Crippen LogP contribution in [0.5, 0.6) is 0 Å². The number of amides is 1. The highest BCUT2D eigenvalue weighted by Gasteiger charge is 2.10. The largest absolute Gasteiger partial charge is 0.399 e. The van der Waals surface area contributed by atoms with Crippen molar-refractivity contribution in [2.24, 2.45) is 0 Å². The molecule has 0 atom stereocenters. The van der Waals surface area contributed by atoms with Gasteiger partial charge in [0.05, 0.1) is 0 Å². The molecule has 0 aromatic heterocycles. The summed E-state index contributed by atoms with van der Waals surface area (Å²) in [5.74, 6) is -0.145. The highest BCUT2D eigenvalue weighted by atomic mass is 16.1. The second kappa shape index (κ2) is 7.84. The Kier molecular flexibility index (Phi) is 5.58. The van der Waals surface area contributed by atoms with E-state index in [0.29, 0.717) is 17.3 Å². The van der Waals surface area contributed by atoms with Crippen LogP contribution in [0.15, 0.2) is 60.3 Å². The number of carbonyl (C=O) groups is 1. The number of nitrogens with one attached hydrogen (secondary N) is 2. The van der Waals surface area contributed by atoms with Crippen LogP contribution in [0.25, 0.3) is 0 Å². The molecule has 2 aromatic rings. The maximum Gasteiger partial charge on any atom is 0.267 e. The van der Waals surface area contributed by atoms with Crippen LogP contribution in [0.3, 0.4) is 0 Å². The summed E-state index contributed by atoms with van der Waals surface area (Å²) in [6, 6.07) is 16.4. The fourth-order valence-corrected chi connectivity index (χ4v) is 2.20. The van der Waals surface area contributed by atoms with Crippen LogP contribution < -0.4 is 16.4 Å². The van der Waals surface area contributed by atoms with E-state index >= 15 is 0 Å². The standard InChI is InChI=1S/C19H20N4O/c1-13(2)17-5-3-4-6-18(17)22-12-14(11-20)19(24)23-16-9-7-15(21)8-10-16/h3-10,12-13,22H,21H2,1-2H3,(H,23,24)/b14-12-. The molecule has 0 aliphatic carbocycles. The Balaban J connectivity index is 2.13. The second-order valence-electron chi connectivity index (χ2n) is 5.63. The van der Waals surface area contributed by atoms with Gasteiger partial charge in [-0.15, -0.1) is 0 Å². The first-order valence-electron chi connectivity index (χ1n) is 7.64. The van der Waals surface area contributed by atoms with Gasteiger partial charge in [-0.1, -0.05) is 32.0 Å². The van der Waals surface area contributed by atoms with Crippen LogP contribution in [0.2, 0.25) is 0 Å². The maximum absolute atomic E-state index is 12.2. The summed E-state index contributed by atoms with van der Waals surface area (Å²) in [6.45, 7) is 4.17. The summed E-state index contributed by atoms with van der Waals surface area (Å²) < 4.78 is 0. The minimum Gasteiger partial charge on any atom is -0.399 e. The summed E-state index contributed by atoms with van der Waals surface area (Å²) in [5.41, 5.74) is 8.78. The second-order valence-corrected chi connectivity index (χ2v) is 5.63. The molecule has 0 saturated heterocycles. The van der Waals surface area contributed by atoms with Gasteiger partial charge < -0.3 is 16.4 Å². The zero-order chi connectivity index (χ0) is 17.5. The van der Waals surface area contributed by atoms with Crippen molar-refractivity contribution in [2.75, 3.05) is 16.4 Å². The van der Waals surface area contributed by atoms with Crippen molar-refractivity contribution in [2.45, 2.75) is 19.8 Å². The van der Waals surface area contributed by atoms with Gasteiger partial charge in [-0.3, -0.25) is 4.79 Å². The molecule has 0 unspecified atom stereocenters.